The van der Waals surface area contributed by atoms with Crippen molar-refractivity contribution in [2.75, 3.05) is 5.32 Å². The molecule has 3 nitrogen and oxygen atoms in total. The Balaban J connectivity index is 2.26. The van der Waals surface area contributed by atoms with Crippen molar-refractivity contribution in [2.24, 2.45) is 0 Å². The molecule has 2 rings (SSSR count). The van der Waals surface area contributed by atoms with Crippen LogP contribution in [0.4, 0.5) is 5.69 Å². The maximum absolute atomic E-state index is 12.1. The highest BCUT2D eigenvalue weighted by molar-refractivity contribution is 6.30. The Hall–Kier alpha value is -1.87. The summed E-state index contributed by atoms with van der Waals surface area (Å²) in [7, 11) is 0. The number of aryl methyl sites for hydroxylation is 3. The summed E-state index contributed by atoms with van der Waals surface area (Å²) in [6.45, 7) is 5.78. The van der Waals surface area contributed by atoms with E-state index in [1.165, 1.54) is 0 Å². The minimum Gasteiger partial charge on any atom is -0.320 e. The number of nitrogens with one attached hydrogen (secondary N) is 1. The third-order valence-electron chi connectivity index (χ3n) is 2.87. The molecular weight excluding hydrogens is 260 g/mol. The van der Waals surface area contributed by atoms with Gasteiger partial charge in [-0.2, -0.15) is 0 Å². The number of aromatic nitrogens is 1. The number of nitrogens with zero attached hydrogens (tertiary/aromatic N) is 1. The zero-order valence-corrected chi connectivity index (χ0v) is 11.9. The number of rotatable bonds is 2. The molecule has 0 atom stereocenters. The quantitative estimate of drug-likeness (QED) is 0.902. The monoisotopic (exact) mass is 274 g/mol. The predicted octanol–water partition coefficient (Wildman–Crippen LogP) is 3.91. The van der Waals surface area contributed by atoms with Crippen molar-refractivity contribution in [3.8, 4) is 0 Å². The SMILES string of the molecule is Cc1cc(C)c(NC(=O)c2ccc(Cl)cc2)c(C)n1. The molecular formula is C15H15ClN2O. The minimum absolute atomic E-state index is 0.159. The summed E-state index contributed by atoms with van der Waals surface area (Å²) in [6.07, 6.45) is 0. The Labute approximate surface area is 117 Å². The average molecular weight is 275 g/mol. The Morgan fingerprint density at radius 2 is 1.79 bits per heavy atom. The second kappa shape index (κ2) is 5.41. The van der Waals surface area contributed by atoms with Crippen molar-refractivity contribution in [1.29, 1.82) is 0 Å². The second-order valence-corrected chi connectivity index (χ2v) is 4.94. The van der Waals surface area contributed by atoms with Gasteiger partial charge >= 0.3 is 0 Å². The van der Waals surface area contributed by atoms with E-state index in [4.69, 9.17) is 11.6 Å². The van der Waals surface area contributed by atoms with Crippen LogP contribution in [0.5, 0.6) is 0 Å². The lowest BCUT2D eigenvalue weighted by Crippen LogP contribution is -2.14. The van der Waals surface area contributed by atoms with Crippen LogP contribution in [-0.2, 0) is 0 Å². The van der Waals surface area contributed by atoms with Gasteiger partial charge in [0.05, 0.1) is 11.4 Å². The lowest BCUT2D eigenvalue weighted by Gasteiger charge is -2.12. The number of pyridine rings is 1. The van der Waals surface area contributed by atoms with Crippen molar-refractivity contribution >= 4 is 23.2 Å². The third kappa shape index (κ3) is 3.12. The molecule has 1 aromatic carbocycles. The molecule has 0 aliphatic heterocycles. The molecule has 1 heterocycles. The first-order valence-electron chi connectivity index (χ1n) is 5.99. The Kier molecular flexibility index (Phi) is 3.86. The molecule has 0 unspecified atom stereocenters. The van der Waals surface area contributed by atoms with Gasteiger partial charge in [0, 0.05) is 16.3 Å². The topological polar surface area (TPSA) is 42.0 Å². The Bertz CT molecular complexity index is 598. The molecule has 0 fully saturated rings. The molecule has 0 bridgehead atoms. The lowest BCUT2D eigenvalue weighted by molar-refractivity contribution is 0.102. The molecule has 2 aromatic rings. The van der Waals surface area contributed by atoms with Gasteiger partial charge in [0.25, 0.3) is 5.91 Å². The van der Waals surface area contributed by atoms with E-state index in [1.807, 2.05) is 26.8 Å². The Morgan fingerprint density at radius 3 is 2.37 bits per heavy atom. The van der Waals surface area contributed by atoms with Gasteiger partial charge in [-0.1, -0.05) is 11.6 Å². The molecule has 0 aliphatic rings. The molecule has 0 saturated carbocycles. The smallest absolute Gasteiger partial charge is 0.255 e. The molecule has 0 aliphatic carbocycles. The standard InChI is InChI=1S/C15H15ClN2O/c1-9-8-10(2)17-11(3)14(9)18-15(19)12-4-6-13(16)7-5-12/h4-8H,1-3H3,(H,18,19). The van der Waals surface area contributed by atoms with Crippen molar-refractivity contribution in [3.63, 3.8) is 0 Å². The molecule has 19 heavy (non-hydrogen) atoms. The van der Waals surface area contributed by atoms with Gasteiger partial charge < -0.3 is 5.32 Å². The van der Waals surface area contributed by atoms with Crippen LogP contribution < -0.4 is 5.32 Å². The summed E-state index contributed by atoms with van der Waals surface area (Å²) in [5, 5.41) is 3.51. The van der Waals surface area contributed by atoms with Gasteiger partial charge in [-0.05, 0) is 56.7 Å². The van der Waals surface area contributed by atoms with E-state index in [9.17, 15) is 4.79 Å². The van der Waals surface area contributed by atoms with E-state index < -0.39 is 0 Å². The molecule has 1 N–H and O–H groups in total. The van der Waals surface area contributed by atoms with Crippen LogP contribution in [-0.4, -0.2) is 10.9 Å². The van der Waals surface area contributed by atoms with Gasteiger partial charge in [0.2, 0.25) is 0 Å². The first kappa shape index (κ1) is 13.6. The molecule has 1 amide bonds. The third-order valence-corrected chi connectivity index (χ3v) is 3.12. The zero-order valence-electron chi connectivity index (χ0n) is 11.1. The second-order valence-electron chi connectivity index (χ2n) is 4.50. The fourth-order valence-electron chi connectivity index (χ4n) is 2.00. The van der Waals surface area contributed by atoms with E-state index in [1.54, 1.807) is 24.3 Å². The molecule has 0 spiro atoms. The highest BCUT2D eigenvalue weighted by atomic mass is 35.5. The van der Waals surface area contributed by atoms with E-state index in [-0.39, 0.29) is 5.91 Å². The summed E-state index contributed by atoms with van der Waals surface area (Å²) in [5.74, 6) is -0.159. The summed E-state index contributed by atoms with van der Waals surface area (Å²) in [6, 6.07) is 8.74. The van der Waals surface area contributed by atoms with Crippen molar-refractivity contribution in [2.45, 2.75) is 20.8 Å². The first-order valence-corrected chi connectivity index (χ1v) is 6.37. The Morgan fingerprint density at radius 1 is 1.16 bits per heavy atom. The van der Waals surface area contributed by atoms with Crippen molar-refractivity contribution in [3.05, 3.63) is 57.9 Å². The number of benzene rings is 1. The fraction of sp³-hybridized carbons (Fsp3) is 0.200. The average Bonchev–Trinajstić information content (AvgIpc) is 2.34. The number of hydrogen-bond donors (Lipinski definition) is 1. The summed E-state index contributed by atoms with van der Waals surface area (Å²) in [5.41, 5.74) is 4.11. The molecule has 4 heteroatoms. The van der Waals surface area contributed by atoms with Crippen molar-refractivity contribution < 1.29 is 4.79 Å². The van der Waals surface area contributed by atoms with E-state index in [0.717, 1.165) is 22.6 Å². The molecule has 0 saturated heterocycles. The predicted molar refractivity (Wildman–Crippen MR) is 77.9 cm³/mol. The van der Waals surface area contributed by atoms with Gasteiger partial charge in [-0.15, -0.1) is 0 Å². The van der Waals surface area contributed by atoms with Crippen LogP contribution in [0.25, 0.3) is 0 Å². The first-order chi connectivity index (χ1) is 8.97. The normalized spacial score (nSPS) is 10.3. The minimum atomic E-state index is -0.159. The number of halogens is 1. The number of carbonyl (C=O) groups excluding carboxylic acids is 1. The van der Waals surface area contributed by atoms with E-state index in [2.05, 4.69) is 10.3 Å². The van der Waals surface area contributed by atoms with Gasteiger partial charge in [0.1, 0.15) is 0 Å². The summed E-state index contributed by atoms with van der Waals surface area (Å²) >= 11 is 5.80. The number of amides is 1. The molecule has 0 radical (unpaired) electrons. The van der Waals surface area contributed by atoms with Crippen LogP contribution in [0.3, 0.4) is 0 Å². The maximum Gasteiger partial charge on any atom is 0.255 e. The van der Waals surface area contributed by atoms with Crippen LogP contribution in [0.1, 0.15) is 27.3 Å². The van der Waals surface area contributed by atoms with Crippen LogP contribution in [0.15, 0.2) is 30.3 Å². The zero-order chi connectivity index (χ0) is 14.0. The van der Waals surface area contributed by atoms with E-state index >= 15 is 0 Å². The number of carbonyl (C=O) groups is 1. The highest BCUT2D eigenvalue weighted by Crippen LogP contribution is 2.20. The summed E-state index contributed by atoms with van der Waals surface area (Å²) < 4.78 is 0. The number of anilines is 1. The van der Waals surface area contributed by atoms with Gasteiger partial charge in [-0.25, -0.2) is 0 Å². The van der Waals surface area contributed by atoms with Crippen LogP contribution >= 0.6 is 11.6 Å². The van der Waals surface area contributed by atoms with Crippen molar-refractivity contribution in [1.82, 2.24) is 4.98 Å². The molecule has 98 valence electrons. The lowest BCUT2D eigenvalue weighted by atomic mass is 10.1. The highest BCUT2D eigenvalue weighted by Gasteiger charge is 2.10. The largest absolute Gasteiger partial charge is 0.320 e. The van der Waals surface area contributed by atoms with Crippen LogP contribution in [0, 0.1) is 20.8 Å². The van der Waals surface area contributed by atoms with Gasteiger partial charge in [0.15, 0.2) is 0 Å². The van der Waals surface area contributed by atoms with Crippen LogP contribution in [0.2, 0.25) is 5.02 Å². The van der Waals surface area contributed by atoms with E-state index in [0.29, 0.717) is 10.6 Å². The fourth-order valence-corrected chi connectivity index (χ4v) is 2.13. The summed E-state index contributed by atoms with van der Waals surface area (Å²) in [4.78, 5) is 16.5. The van der Waals surface area contributed by atoms with Gasteiger partial charge in [-0.3, -0.25) is 9.78 Å². The maximum atomic E-state index is 12.1. The number of hydrogen-bond acceptors (Lipinski definition) is 2. The molecule has 1 aromatic heterocycles.